The van der Waals surface area contributed by atoms with Crippen LogP contribution in [-0.2, 0) is 4.74 Å². The van der Waals surface area contributed by atoms with Gasteiger partial charge in [-0.25, -0.2) is 4.79 Å². The lowest BCUT2D eigenvalue weighted by atomic mass is 10.1. The maximum Gasteiger partial charge on any atom is 0.410 e. The van der Waals surface area contributed by atoms with Crippen LogP contribution in [0.4, 0.5) is 4.79 Å². The molecule has 0 radical (unpaired) electrons. The van der Waals surface area contributed by atoms with Crippen LogP contribution in [0.1, 0.15) is 25.7 Å². The quantitative estimate of drug-likeness (QED) is 0.682. The van der Waals surface area contributed by atoms with Crippen molar-refractivity contribution < 1.29 is 9.53 Å². The molecule has 0 aromatic heterocycles. The van der Waals surface area contributed by atoms with E-state index in [2.05, 4.69) is 5.32 Å². The van der Waals surface area contributed by atoms with Crippen LogP contribution >= 0.6 is 0 Å². The highest BCUT2D eigenvalue weighted by Crippen LogP contribution is 2.12. The van der Waals surface area contributed by atoms with E-state index in [0.29, 0.717) is 0 Å². The number of hydrogen-bond acceptors (Lipinski definition) is 3. The summed E-state index contributed by atoms with van der Waals surface area (Å²) in [5, 5.41) is 3.18. The zero-order valence-corrected chi connectivity index (χ0v) is 8.50. The summed E-state index contributed by atoms with van der Waals surface area (Å²) in [6, 6.07) is 0. The Hall–Kier alpha value is -0.770. The zero-order chi connectivity index (χ0) is 9.80. The molecule has 2 aliphatic rings. The van der Waals surface area contributed by atoms with Crippen molar-refractivity contribution >= 4 is 6.09 Å². The number of ether oxygens (including phenoxy) is 1. The first-order valence-electron chi connectivity index (χ1n) is 5.52. The van der Waals surface area contributed by atoms with Crippen LogP contribution in [0.3, 0.4) is 0 Å². The molecule has 2 fully saturated rings. The van der Waals surface area contributed by atoms with Gasteiger partial charge < -0.3 is 15.0 Å². The molecule has 0 aromatic carbocycles. The van der Waals surface area contributed by atoms with Crippen molar-refractivity contribution in [2.24, 2.45) is 0 Å². The average Bonchev–Trinajstić information content (AvgIpc) is 2.72. The lowest BCUT2D eigenvalue weighted by Crippen LogP contribution is -2.38. The minimum absolute atomic E-state index is 0.101. The number of hydrogen-bond donors (Lipinski definition) is 1. The summed E-state index contributed by atoms with van der Waals surface area (Å²) >= 11 is 0. The Labute approximate surface area is 84.6 Å². The Balaban J connectivity index is 1.75. The van der Waals surface area contributed by atoms with Crippen molar-refractivity contribution in [1.82, 2.24) is 10.2 Å². The monoisotopic (exact) mass is 198 g/mol. The van der Waals surface area contributed by atoms with E-state index in [1.54, 1.807) is 0 Å². The second kappa shape index (κ2) is 4.64. The Bertz CT molecular complexity index is 196. The number of carbonyl (C=O) groups is 1. The highest BCUT2D eigenvalue weighted by Gasteiger charge is 2.23. The smallest absolute Gasteiger partial charge is 0.410 e. The Morgan fingerprint density at radius 1 is 1.29 bits per heavy atom. The first-order chi connectivity index (χ1) is 6.86. The molecule has 2 rings (SSSR count). The number of rotatable bonds is 1. The van der Waals surface area contributed by atoms with E-state index in [4.69, 9.17) is 4.74 Å². The van der Waals surface area contributed by atoms with Crippen LogP contribution in [0.15, 0.2) is 0 Å². The van der Waals surface area contributed by atoms with E-state index in [1.807, 2.05) is 4.90 Å². The lowest BCUT2D eigenvalue weighted by Gasteiger charge is -2.27. The molecule has 4 nitrogen and oxygen atoms in total. The van der Waals surface area contributed by atoms with Gasteiger partial charge in [0.1, 0.15) is 6.10 Å². The third-order valence-electron chi connectivity index (χ3n) is 2.90. The van der Waals surface area contributed by atoms with Gasteiger partial charge in [0, 0.05) is 19.6 Å². The van der Waals surface area contributed by atoms with E-state index in [9.17, 15) is 4.79 Å². The number of piperidine rings is 1. The summed E-state index contributed by atoms with van der Waals surface area (Å²) < 4.78 is 5.38. The van der Waals surface area contributed by atoms with Crippen LogP contribution in [0, 0.1) is 0 Å². The predicted octanol–water partition coefficient (Wildman–Crippen LogP) is 0.971. The molecule has 14 heavy (non-hydrogen) atoms. The second-order valence-corrected chi connectivity index (χ2v) is 4.05. The van der Waals surface area contributed by atoms with Gasteiger partial charge in [-0.3, -0.25) is 0 Å². The first-order valence-corrected chi connectivity index (χ1v) is 5.52. The topological polar surface area (TPSA) is 41.6 Å². The molecular weight excluding hydrogens is 180 g/mol. The molecule has 2 heterocycles. The van der Waals surface area contributed by atoms with Gasteiger partial charge in [0.15, 0.2) is 0 Å². The third kappa shape index (κ3) is 2.38. The highest BCUT2D eigenvalue weighted by molar-refractivity contribution is 5.67. The number of likely N-dealkylation sites (tertiary alicyclic amines) is 1. The summed E-state index contributed by atoms with van der Waals surface area (Å²) in [6.45, 7) is 3.54. The highest BCUT2D eigenvalue weighted by atomic mass is 16.6. The van der Waals surface area contributed by atoms with Crippen LogP contribution in [0.25, 0.3) is 0 Å². The molecule has 0 unspecified atom stereocenters. The maximum absolute atomic E-state index is 11.6. The lowest BCUT2D eigenvalue weighted by molar-refractivity contribution is 0.0650. The van der Waals surface area contributed by atoms with E-state index in [0.717, 1.165) is 45.4 Å². The van der Waals surface area contributed by atoms with Crippen molar-refractivity contribution in [3.8, 4) is 0 Å². The van der Waals surface area contributed by atoms with Gasteiger partial charge in [-0.2, -0.15) is 0 Å². The summed E-state index contributed by atoms with van der Waals surface area (Å²) in [7, 11) is 0. The zero-order valence-electron chi connectivity index (χ0n) is 8.50. The van der Waals surface area contributed by atoms with E-state index in [-0.39, 0.29) is 12.2 Å². The number of nitrogens with one attached hydrogen (secondary N) is 1. The second-order valence-electron chi connectivity index (χ2n) is 4.05. The van der Waals surface area contributed by atoms with Gasteiger partial charge in [-0.05, 0) is 32.2 Å². The van der Waals surface area contributed by atoms with Gasteiger partial charge in [0.2, 0.25) is 0 Å². The molecule has 4 heteroatoms. The third-order valence-corrected chi connectivity index (χ3v) is 2.90. The molecule has 0 aliphatic carbocycles. The standard InChI is InChI=1S/C10H18N2O2/c13-10(12-6-2-1-3-7-12)14-9-4-5-11-8-9/h9,11H,1-8H2/t9-/m0/s1. The SMILES string of the molecule is O=C(O[C@H]1CCNC1)N1CCCCC1. The molecule has 1 amide bonds. The number of carbonyl (C=O) groups excluding carboxylic acids is 1. The molecule has 2 aliphatic heterocycles. The van der Waals surface area contributed by atoms with Crippen molar-refractivity contribution in [3.63, 3.8) is 0 Å². The van der Waals surface area contributed by atoms with Gasteiger partial charge in [0.05, 0.1) is 0 Å². The molecule has 2 saturated heterocycles. The van der Waals surface area contributed by atoms with E-state index >= 15 is 0 Å². The van der Waals surface area contributed by atoms with Gasteiger partial charge in [-0.15, -0.1) is 0 Å². The van der Waals surface area contributed by atoms with E-state index < -0.39 is 0 Å². The number of amides is 1. The van der Waals surface area contributed by atoms with Crippen LogP contribution in [0.2, 0.25) is 0 Å². The van der Waals surface area contributed by atoms with Crippen molar-refractivity contribution in [2.45, 2.75) is 31.8 Å². The summed E-state index contributed by atoms with van der Waals surface area (Å²) in [6.07, 6.45) is 4.44. The first kappa shape index (κ1) is 9.77. The predicted molar refractivity (Wildman–Crippen MR) is 53.2 cm³/mol. The summed E-state index contributed by atoms with van der Waals surface area (Å²) in [4.78, 5) is 13.5. The fraction of sp³-hybridized carbons (Fsp3) is 0.900. The van der Waals surface area contributed by atoms with Crippen LogP contribution in [0.5, 0.6) is 0 Å². The van der Waals surface area contributed by atoms with Gasteiger partial charge in [0.25, 0.3) is 0 Å². The summed E-state index contributed by atoms with van der Waals surface area (Å²) in [5.74, 6) is 0. The van der Waals surface area contributed by atoms with Gasteiger partial charge >= 0.3 is 6.09 Å². The molecule has 80 valence electrons. The average molecular weight is 198 g/mol. The Morgan fingerprint density at radius 3 is 2.71 bits per heavy atom. The fourth-order valence-electron chi connectivity index (χ4n) is 2.02. The molecule has 0 bridgehead atoms. The fourth-order valence-corrected chi connectivity index (χ4v) is 2.02. The maximum atomic E-state index is 11.6. The summed E-state index contributed by atoms with van der Waals surface area (Å²) in [5.41, 5.74) is 0. The van der Waals surface area contributed by atoms with Crippen molar-refractivity contribution in [1.29, 1.82) is 0 Å². The Morgan fingerprint density at radius 2 is 2.07 bits per heavy atom. The van der Waals surface area contributed by atoms with Crippen molar-refractivity contribution in [3.05, 3.63) is 0 Å². The molecular formula is C10H18N2O2. The minimum Gasteiger partial charge on any atom is -0.445 e. The Kier molecular flexibility index (Phi) is 3.24. The minimum atomic E-state index is -0.113. The van der Waals surface area contributed by atoms with Crippen LogP contribution < -0.4 is 5.32 Å². The number of nitrogens with zero attached hydrogens (tertiary/aromatic N) is 1. The van der Waals surface area contributed by atoms with Crippen LogP contribution in [-0.4, -0.2) is 43.3 Å². The molecule has 0 aromatic rings. The molecule has 0 spiro atoms. The molecule has 1 atom stereocenters. The molecule has 1 N–H and O–H groups in total. The normalized spacial score (nSPS) is 27.7. The largest absolute Gasteiger partial charge is 0.445 e. The van der Waals surface area contributed by atoms with Crippen molar-refractivity contribution in [2.75, 3.05) is 26.2 Å². The van der Waals surface area contributed by atoms with Gasteiger partial charge in [-0.1, -0.05) is 0 Å². The molecule has 0 saturated carbocycles. The van der Waals surface area contributed by atoms with E-state index in [1.165, 1.54) is 6.42 Å².